The predicted molar refractivity (Wildman–Crippen MR) is 88.1 cm³/mol. The normalized spacial score (nSPS) is 32.5. The summed E-state index contributed by atoms with van der Waals surface area (Å²) in [5, 5.41) is 3.62. The van der Waals surface area contributed by atoms with Crippen LogP contribution in [-0.4, -0.2) is 36.6 Å². The molecule has 2 nitrogen and oxygen atoms in total. The van der Waals surface area contributed by atoms with E-state index in [1.165, 1.54) is 64.6 Å². The number of hydrogen-bond donors (Lipinski definition) is 1. The largest absolute Gasteiger partial charge is 0.315 e. The molecule has 0 spiro atoms. The number of piperidine rings is 1. The van der Waals surface area contributed by atoms with Crippen molar-refractivity contribution in [2.75, 3.05) is 19.6 Å². The first-order valence-corrected chi connectivity index (χ1v) is 9.00. The maximum atomic E-state index is 3.62. The van der Waals surface area contributed by atoms with E-state index in [0.29, 0.717) is 5.41 Å². The second kappa shape index (κ2) is 7.26. The topological polar surface area (TPSA) is 15.3 Å². The summed E-state index contributed by atoms with van der Waals surface area (Å²) in [5.41, 5.74) is 0.458. The highest BCUT2D eigenvalue weighted by Gasteiger charge is 2.39. The summed E-state index contributed by atoms with van der Waals surface area (Å²) in [6.45, 7) is 13.5. The SMILES string of the molecule is CCCN(C1CCCNC1)C1CCCCC1C(C)(C)C. The van der Waals surface area contributed by atoms with Crippen molar-refractivity contribution in [1.29, 1.82) is 0 Å². The molecule has 2 rings (SSSR count). The highest BCUT2D eigenvalue weighted by Crippen LogP contribution is 2.41. The quantitative estimate of drug-likeness (QED) is 0.835. The van der Waals surface area contributed by atoms with Crippen molar-refractivity contribution in [1.82, 2.24) is 10.2 Å². The van der Waals surface area contributed by atoms with Crippen LogP contribution in [0.2, 0.25) is 0 Å². The fourth-order valence-electron chi connectivity index (χ4n) is 4.51. The maximum Gasteiger partial charge on any atom is 0.0224 e. The third kappa shape index (κ3) is 3.98. The maximum absolute atomic E-state index is 3.62. The molecule has 20 heavy (non-hydrogen) atoms. The fraction of sp³-hybridized carbons (Fsp3) is 1.00. The Kier molecular flexibility index (Phi) is 5.92. The Morgan fingerprint density at radius 2 is 1.80 bits per heavy atom. The summed E-state index contributed by atoms with van der Waals surface area (Å²) >= 11 is 0. The van der Waals surface area contributed by atoms with Gasteiger partial charge >= 0.3 is 0 Å². The molecule has 2 aliphatic rings. The summed E-state index contributed by atoms with van der Waals surface area (Å²) in [5.74, 6) is 0.879. The first kappa shape index (κ1) is 16.3. The summed E-state index contributed by atoms with van der Waals surface area (Å²) in [4.78, 5) is 2.90. The van der Waals surface area contributed by atoms with Crippen LogP contribution in [0.4, 0.5) is 0 Å². The first-order chi connectivity index (χ1) is 9.54. The average molecular weight is 280 g/mol. The number of nitrogens with one attached hydrogen (secondary N) is 1. The lowest BCUT2D eigenvalue weighted by Gasteiger charge is -2.49. The molecule has 1 heterocycles. The summed E-state index contributed by atoms with van der Waals surface area (Å²) in [7, 11) is 0. The van der Waals surface area contributed by atoms with Crippen molar-refractivity contribution in [2.24, 2.45) is 11.3 Å². The van der Waals surface area contributed by atoms with E-state index in [1.54, 1.807) is 0 Å². The molecule has 2 fully saturated rings. The number of rotatable bonds is 4. The molecule has 1 saturated heterocycles. The molecular weight excluding hydrogens is 244 g/mol. The van der Waals surface area contributed by atoms with E-state index < -0.39 is 0 Å². The average Bonchev–Trinajstić information content (AvgIpc) is 2.45. The van der Waals surface area contributed by atoms with Crippen molar-refractivity contribution in [3.05, 3.63) is 0 Å². The molecule has 1 N–H and O–H groups in total. The van der Waals surface area contributed by atoms with Crippen molar-refractivity contribution < 1.29 is 0 Å². The van der Waals surface area contributed by atoms with Gasteiger partial charge in [0.15, 0.2) is 0 Å². The third-order valence-corrected chi connectivity index (χ3v) is 5.49. The van der Waals surface area contributed by atoms with Crippen LogP contribution < -0.4 is 5.32 Å². The van der Waals surface area contributed by atoms with E-state index in [4.69, 9.17) is 0 Å². The van der Waals surface area contributed by atoms with Gasteiger partial charge in [0, 0.05) is 18.6 Å². The minimum atomic E-state index is 0.458. The van der Waals surface area contributed by atoms with Crippen LogP contribution in [-0.2, 0) is 0 Å². The highest BCUT2D eigenvalue weighted by atomic mass is 15.2. The van der Waals surface area contributed by atoms with Gasteiger partial charge in [0.25, 0.3) is 0 Å². The van der Waals surface area contributed by atoms with E-state index >= 15 is 0 Å². The molecule has 0 aromatic heterocycles. The van der Waals surface area contributed by atoms with Gasteiger partial charge in [-0.15, -0.1) is 0 Å². The third-order valence-electron chi connectivity index (χ3n) is 5.49. The van der Waals surface area contributed by atoms with Crippen LogP contribution in [0, 0.1) is 11.3 Å². The van der Waals surface area contributed by atoms with Gasteiger partial charge in [-0.2, -0.15) is 0 Å². The monoisotopic (exact) mass is 280 g/mol. The van der Waals surface area contributed by atoms with Crippen LogP contribution in [0.15, 0.2) is 0 Å². The smallest absolute Gasteiger partial charge is 0.0224 e. The molecule has 1 saturated carbocycles. The lowest BCUT2D eigenvalue weighted by Crippen LogP contribution is -2.55. The lowest BCUT2D eigenvalue weighted by atomic mass is 9.68. The number of nitrogens with zero attached hydrogens (tertiary/aromatic N) is 1. The van der Waals surface area contributed by atoms with Gasteiger partial charge in [-0.3, -0.25) is 4.90 Å². The van der Waals surface area contributed by atoms with E-state index in [9.17, 15) is 0 Å². The Balaban J connectivity index is 2.12. The molecule has 1 aliphatic carbocycles. The molecule has 2 heteroatoms. The van der Waals surface area contributed by atoms with Gasteiger partial charge in [0.1, 0.15) is 0 Å². The Morgan fingerprint density at radius 3 is 2.40 bits per heavy atom. The van der Waals surface area contributed by atoms with Crippen LogP contribution in [0.1, 0.15) is 72.6 Å². The molecule has 0 aromatic rings. The van der Waals surface area contributed by atoms with Gasteiger partial charge in [-0.25, -0.2) is 0 Å². The van der Waals surface area contributed by atoms with Crippen LogP contribution in [0.5, 0.6) is 0 Å². The second-order valence-electron chi connectivity index (χ2n) is 8.06. The molecule has 0 radical (unpaired) electrons. The van der Waals surface area contributed by atoms with E-state index in [1.807, 2.05) is 0 Å². The first-order valence-electron chi connectivity index (χ1n) is 9.00. The molecule has 118 valence electrons. The van der Waals surface area contributed by atoms with Gasteiger partial charge in [0.2, 0.25) is 0 Å². The minimum Gasteiger partial charge on any atom is -0.315 e. The summed E-state index contributed by atoms with van der Waals surface area (Å²) < 4.78 is 0. The summed E-state index contributed by atoms with van der Waals surface area (Å²) in [6.07, 6.45) is 9.81. The van der Waals surface area contributed by atoms with Crippen LogP contribution >= 0.6 is 0 Å². The minimum absolute atomic E-state index is 0.458. The van der Waals surface area contributed by atoms with Crippen molar-refractivity contribution >= 4 is 0 Å². The summed E-state index contributed by atoms with van der Waals surface area (Å²) in [6, 6.07) is 1.62. The highest BCUT2D eigenvalue weighted by molar-refractivity contribution is 4.93. The van der Waals surface area contributed by atoms with Gasteiger partial charge < -0.3 is 5.32 Å². The molecule has 3 unspecified atom stereocenters. The van der Waals surface area contributed by atoms with Crippen molar-refractivity contribution in [3.8, 4) is 0 Å². The van der Waals surface area contributed by atoms with E-state index in [0.717, 1.165) is 18.0 Å². The van der Waals surface area contributed by atoms with E-state index in [-0.39, 0.29) is 0 Å². The van der Waals surface area contributed by atoms with Crippen LogP contribution in [0.3, 0.4) is 0 Å². The lowest BCUT2D eigenvalue weighted by molar-refractivity contribution is 0.00843. The Morgan fingerprint density at radius 1 is 1.05 bits per heavy atom. The zero-order valence-corrected chi connectivity index (χ0v) is 14.3. The van der Waals surface area contributed by atoms with Crippen LogP contribution in [0.25, 0.3) is 0 Å². The zero-order chi connectivity index (χ0) is 14.6. The molecule has 0 bridgehead atoms. The number of hydrogen-bond acceptors (Lipinski definition) is 2. The van der Waals surface area contributed by atoms with Gasteiger partial charge in [-0.1, -0.05) is 40.5 Å². The molecule has 1 aliphatic heterocycles. The standard InChI is InChI=1S/C18H36N2/c1-5-13-20(15-9-8-12-19-14-15)17-11-7-6-10-16(17)18(2,3)4/h15-17,19H,5-14H2,1-4H3. The molecule has 0 amide bonds. The fourth-order valence-corrected chi connectivity index (χ4v) is 4.51. The molecular formula is C18H36N2. The Labute approximate surface area is 126 Å². The zero-order valence-electron chi connectivity index (χ0n) is 14.3. The molecule has 0 aromatic carbocycles. The van der Waals surface area contributed by atoms with E-state index in [2.05, 4.69) is 37.9 Å². The van der Waals surface area contributed by atoms with Gasteiger partial charge in [-0.05, 0) is 56.5 Å². The second-order valence-corrected chi connectivity index (χ2v) is 8.06. The predicted octanol–water partition coefficient (Wildman–Crippen LogP) is 4.06. The Bertz CT molecular complexity index is 276. The Hall–Kier alpha value is -0.0800. The molecule has 3 atom stereocenters. The van der Waals surface area contributed by atoms with Crippen molar-refractivity contribution in [2.45, 2.75) is 84.7 Å². The van der Waals surface area contributed by atoms with Gasteiger partial charge in [0.05, 0.1) is 0 Å². The van der Waals surface area contributed by atoms with Crippen molar-refractivity contribution in [3.63, 3.8) is 0 Å².